The number of rotatable bonds is 7. The Kier molecular flexibility index (Phi) is 6.29. The molecule has 3 rings (SSSR count). The van der Waals surface area contributed by atoms with Crippen molar-refractivity contribution in [2.75, 3.05) is 11.1 Å². The number of carbonyl (C=O) groups excluding carboxylic acids is 1. The van der Waals surface area contributed by atoms with Gasteiger partial charge in [0.15, 0.2) is 5.16 Å². The molecule has 0 aliphatic rings. The minimum absolute atomic E-state index is 0.154. The molecular formula is C21H22FN3OS. The molecule has 140 valence electrons. The number of para-hydroxylation sites is 2. The van der Waals surface area contributed by atoms with Gasteiger partial charge in [0.2, 0.25) is 5.91 Å². The van der Waals surface area contributed by atoms with Gasteiger partial charge in [-0.05, 0) is 36.1 Å². The second-order valence-electron chi connectivity index (χ2n) is 6.03. The zero-order chi connectivity index (χ0) is 19.2. The summed E-state index contributed by atoms with van der Waals surface area (Å²) in [7, 11) is 0. The number of halogens is 1. The van der Waals surface area contributed by atoms with Gasteiger partial charge in [-0.1, -0.05) is 55.9 Å². The summed E-state index contributed by atoms with van der Waals surface area (Å²) in [6, 6.07) is 12.5. The molecule has 0 unspecified atom stereocenters. The molecular weight excluding hydrogens is 361 g/mol. The lowest BCUT2D eigenvalue weighted by molar-refractivity contribution is -0.113. The quantitative estimate of drug-likeness (QED) is 0.592. The third kappa shape index (κ3) is 4.39. The number of hydrogen-bond acceptors (Lipinski definition) is 3. The van der Waals surface area contributed by atoms with Crippen LogP contribution in [0.1, 0.15) is 25.0 Å². The van der Waals surface area contributed by atoms with Gasteiger partial charge in [0.05, 0.1) is 17.1 Å². The second kappa shape index (κ2) is 8.86. The molecule has 2 aromatic carbocycles. The lowest BCUT2D eigenvalue weighted by Crippen LogP contribution is -2.15. The van der Waals surface area contributed by atoms with E-state index in [0.717, 1.165) is 23.7 Å². The summed E-state index contributed by atoms with van der Waals surface area (Å²) in [5, 5.41) is 3.35. The van der Waals surface area contributed by atoms with Crippen molar-refractivity contribution in [2.24, 2.45) is 0 Å². The molecule has 0 spiro atoms. The van der Waals surface area contributed by atoms with Gasteiger partial charge >= 0.3 is 0 Å². The molecule has 0 aliphatic heterocycles. The number of nitrogens with zero attached hydrogens (tertiary/aromatic N) is 2. The Labute approximate surface area is 162 Å². The first-order valence-corrected chi connectivity index (χ1v) is 9.94. The smallest absolute Gasteiger partial charge is 0.234 e. The van der Waals surface area contributed by atoms with E-state index in [1.807, 2.05) is 10.8 Å². The number of thioether (sulfide) groups is 1. The fourth-order valence-corrected chi connectivity index (χ4v) is 3.73. The van der Waals surface area contributed by atoms with Gasteiger partial charge in [-0.25, -0.2) is 9.37 Å². The fourth-order valence-electron chi connectivity index (χ4n) is 2.97. The van der Waals surface area contributed by atoms with Crippen LogP contribution in [0.15, 0.2) is 60.0 Å². The van der Waals surface area contributed by atoms with E-state index in [-0.39, 0.29) is 17.3 Å². The summed E-state index contributed by atoms with van der Waals surface area (Å²) in [4.78, 5) is 16.6. The minimum atomic E-state index is -0.443. The Balaban J connectivity index is 1.77. The maximum Gasteiger partial charge on any atom is 0.234 e. The molecule has 27 heavy (non-hydrogen) atoms. The van der Waals surface area contributed by atoms with Gasteiger partial charge < -0.3 is 5.32 Å². The standard InChI is InChI=1S/C21H22FN3OS/c1-3-15-8-7-9-16(4-2)20(15)25-13-12-23-21(25)27-14-19(26)24-18-11-6-5-10-17(18)22/h5-13H,3-4,14H2,1-2H3,(H,24,26). The van der Waals surface area contributed by atoms with Gasteiger partial charge in [0.25, 0.3) is 0 Å². The molecule has 0 fully saturated rings. The zero-order valence-corrected chi connectivity index (χ0v) is 16.2. The van der Waals surface area contributed by atoms with Crippen LogP contribution in [0, 0.1) is 5.82 Å². The molecule has 0 aliphatic carbocycles. The van der Waals surface area contributed by atoms with Gasteiger partial charge in [0, 0.05) is 12.4 Å². The van der Waals surface area contributed by atoms with Crippen LogP contribution in [0.5, 0.6) is 0 Å². The van der Waals surface area contributed by atoms with Crippen LogP contribution in [0.3, 0.4) is 0 Å². The van der Waals surface area contributed by atoms with Gasteiger partial charge in [-0.3, -0.25) is 9.36 Å². The highest BCUT2D eigenvalue weighted by atomic mass is 32.2. The van der Waals surface area contributed by atoms with Gasteiger partial charge in [0.1, 0.15) is 5.82 Å². The first-order chi connectivity index (χ1) is 13.1. The number of amides is 1. The molecule has 0 bridgehead atoms. The average molecular weight is 383 g/mol. The summed E-state index contributed by atoms with van der Waals surface area (Å²) in [5.41, 5.74) is 3.81. The molecule has 0 saturated heterocycles. The molecule has 1 aromatic heterocycles. The van der Waals surface area contributed by atoms with Crippen LogP contribution in [0.25, 0.3) is 5.69 Å². The lowest BCUT2D eigenvalue weighted by atomic mass is 10.0. The summed E-state index contributed by atoms with van der Waals surface area (Å²) in [6.07, 6.45) is 5.49. The molecule has 1 amide bonds. The number of anilines is 1. The summed E-state index contributed by atoms with van der Waals surface area (Å²) in [6.45, 7) is 4.26. The third-order valence-electron chi connectivity index (χ3n) is 4.29. The maximum atomic E-state index is 13.7. The predicted octanol–water partition coefficient (Wildman–Crippen LogP) is 4.87. The first kappa shape index (κ1) is 19.2. The highest BCUT2D eigenvalue weighted by Crippen LogP contribution is 2.27. The largest absolute Gasteiger partial charge is 0.323 e. The summed E-state index contributed by atoms with van der Waals surface area (Å²) < 4.78 is 15.7. The van der Waals surface area contributed by atoms with Crippen molar-refractivity contribution in [3.63, 3.8) is 0 Å². The van der Waals surface area contributed by atoms with E-state index in [0.29, 0.717) is 0 Å². The topological polar surface area (TPSA) is 46.9 Å². The Morgan fingerprint density at radius 3 is 2.48 bits per heavy atom. The Hall–Kier alpha value is -2.60. The zero-order valence-electron chi connectivity index (χ0n) is 15.4. The summed E-state index contributed by atoms with van der Waals surface area (Å²) >= 11 is 1.34. The third-order valence-corrected chi connectivity index (χ3v) is 5.26. The van der Waals surface area contributed by atoms with E-state index in [2.05, 4.69) is 42.3 Å². The maximum absolute atomic E-state index is 13.7. The van der Waals surface area contributed by atoms with E-state index in [9.17, 15) is 9.18 Å². The molecule has 3 aromatic rings. The molecule has 6 heteroatoms. The van der Waals surface area contributed by atoms with Crippen molar-refractivity contribution in [3.05, 3.63) is 71.8 Å². The molecule has 1 heterocycles. The Bertz CT molecular complexity index is 916. The number of aryl methyl sites for hydroxylation is 2. The van der Waals surface area contributed by atoms with Crippen LogP contribution in [-0.4, -0.2) is 21.2 Å². The fraction of sp³-hybridized carbons (Fsp3) is 0.238. The Morgan fingerprint density at radius 2 is 1.81 bits per heavy atom. The van der Waals surface area contributed by atoms with E-state index in [1.165, 1.54) is 29.0 Å². The van der Waals surface area contributed by atoms with E-state index >= 15 is 0 Å². The predicted molar refractivity (Wildman–Crippen MR) is 108 cm³/mol. The normalized spacial score (nSPS) is 10.8. The lowest BCUT2D eigenvalue weighted by Gasteiger charge is -2.16. The Morgan fingerprint density at radius 1 is 1.11 bits per heavy atom. The monoisotopic (exact) mass is 383 g/mol. The van der Waals surface area contributed by atoms with Crippen molar-refractivity contribution in [3.8, 4) is 5.69 Å². The molecule has 0 radical (unpaired) electrons. The number of nitrogens with one attached hydrogen (secondary N) is 1. The van der Waals surface area contributed by atoms with Crippen molar-refractivity contribution < 1.29 is 9.18 Å². The van der Waals surface area contributed by atoms with Crippen molar-refractivity contribution in [2.45, 2.75) is 31.8 Å². The van der Waals surface area contributed by atoms with Crippen LogP contribution in [-0.2, 0) is 17.6 Å². The van der Waals surface area contributed by atoms with Gasteiger partial charge in [-0.2, -0.15) is 0 Å². The number of benzene rings is 2. The first-order valence-electron chi connectivity index (χ1n) is 8.95. The van der Waals surface area contributed by atoms with E-state index in [1.54, 1.807) is 24.4 Å². The summed E-state index contributed by atoms with van der Waals surface area (Å²) in [5.74, 6) is -0.554. The van der Waals surface area contributed by atoms with Crippen molar-refractivity contribution >= 4 is 23.4 Å². The molecule has 4 nitrogen and oxygen atoms in total. The van der Waals surface area contributed by atoms with Crippen molar-refractivity contribution in [1.82, 2.24) is 9.55 Å². The number of aromatic nitrogens is 2. The SMILES string of the molecule is CCc1cccc(CC)c1-n1ccnc1SCC(=O)Nc1ccccc1F. The molecule has 0 saturated carbocycles. The number of carbonyl (C=O) groups is 1. The van der Waals surface area contributed by atoms with Gasteiger partial charge in [-0.15, -0.1) is 0 Å². The second-order valence-corrected chi connectivity index (χ2v) is 6.97. The van der Waals surface area contributed by atoms with Crippen LogP contribution in [0.4, 0.5) is 10.1 Å². The van der Waals surface area contributed by atoms with Crippen molar-refractivity contribution in [1.29, 1.82) is 0 Å². The highest BCUT2D eigenvalue weighted by molar-refractivity contribution is 7.99. The minimum Gasteiger partial charge on any atom is -0.323 e. The molecule has 0 atom stereocenters. The number of hydrogen-bond donors (Lipinski definition) is 1. The average Bonchev–Trinajstić information content (AvgIpc) is 3.15. The number of imidazole rings is 1. The molecule has 1 N–H and O–H groups in total. The van der Waals surface area contributed by atoms with E-state index < -0.39 is 5.82 Å². The van der Waals surface area contributed by atoms with Crippen LogP contribution >= 0.6 is 11.8 Å². The van der Waals surface area contributed by atoms with Crippen LogP contribution < -0.4 is 5.32 Å². The van der Waals surface area contributed by atoms with Crippen LogP contribution in [0.2, 0.25) is 0 Å². The van der Waals surface area contributed by atoms with E-state index in [4.69, 9.17) is 0 Å². The highest BCUT2D eigenvalue weighted by Gasteiger charge is 2.14.